The van der Waals surface area contributed by atoms with Crippen LogP contribution in [0.4, 0.5) is 0 Å². The first-order valence-corrected chi connectivity index (χ1v) is 18.7. The van der Waals surface area contributed by atoms with Gasteiger partial charge in [-0.15, -0.1) is 0 Å². The van der Waals surface area contributed by atoms with E-state index >= 15 is 0 Å². The summed E-state index contributed by atoms with van der Waals surface area (Å²) in [7, 11) is -5.04. The molecule has 0 aromatic heterocycles. The number of esters is 1. The van der Waals surface area contributed by atoms with E-state index in [-0.39, 0.29) is 19.6 Å². The van der Waals surface area contributed by atoms with Gasteiger partial charge in [-0.2, -0.15) is 8.42 Å². The summed E-state index contributed by atoms with van der Waals surface area (Å²) < 4.78 is 57.8. The second-order valence-corrected chi connectivity index (χ2v) is 13.2. The Balaban J connectivity index is 2.26. The summed E-state index contributed by atoms with van der Waals surface area (Å²) in [5.41, 5.74) is 0. The van der Waals surface area contributed by atoms with Crippen molar-refractivity contribution in [3.8, 4) is 0 Å². The Morgan fingerprint density at radius 2 is 1.27 bits per heavy atom. The number of hydrogen-bond acceptors (Lipinski definition) is 11. The fourth-order valence-corrected chi connectivity index (χ4v) is 5.86. The van der Waals surface area contributed by atoms with E-state index in [0.29, 0.717) is 13.0 Å². The van der Waals surface area contributed by atoms with Crippen molar-refractivity contribution < 1.29 is 56.2 Å². The zero-order valence-electron chi connectivity index (χ0n) is 27.7. The van der Waals surface area contributed by atoms with E-state index < -0.39 is 59.8 Å². The van der Waals surface area contributed by atoms with Gasteiger partial charge in [-0.1, -0.05) is 117 Å². The minimum absolute atomic E-state index is 0.0358. The van der Waals surface area contributed by atoms with Crippen LogP contribution in [0.15, 0.2) is 0 Å². The molecule has 1 aliphatic heterocycles. The van der Waals surface area contributed by atoms with Gasteiger partial charge in [0, 0.05) is 13.0 Å². The lowest BCUT2D eigenvalue weighted by molar-refractivity contribution is -0.301. The largest absolute Gasteiger partial charge is 0.457 e. The van der Waals surface area contributed by atoms with E-state index in [1.165, 1.54) is 89.9 Å². The highest BCUT2D eigenvalue weighted by Crippen LogP contribution is 2.26. The number of aliphatic hydroxyl groups is 3. The molecule has 0 amide bonds. The van der Waals surface area contributed by atoms with Crippen LogP contribution in [0.2, 0.25) is 0 Å². The highest BCUT2D eigenvalue weighted by atomic mass is 32.3. The molecule has 1 saturated heterocycles. The average molecular weight is 671 g/mol. The van der Waals surface area contributed by atoms with Crippen LogP contribution in [-0.2, 0) is 38.3 Å². The van der Waals surface area contributed by atoms with E-state index in [4.69, 9.17) is 23.5 Å². The monoisotopic (exact) mass is 670 g/mol. The van der Waals surface area contributed by atoms with Crippen LogP contribution in [0, 0.1) is 0 Å². The second kappa shape index (κ2) is 26.1. The third-order valence-corrected chi connectivity index (χ3v) is 8.41. The van der Waals surface area contributed by atoms with Gasteiger partial charge >= 0.3 is 16.4 Å². The van der Waals surface area contributed by atoms with Crippen LogP contribution < -0.4 is 0 Å². The molecule has 0 aromatic rings. The minimum Gasteiger partial charge on any atom is -0.457 e. The summed E-state index contributed by atoms with van der Waals surface area (Å²) >= 11 is 0. The molecule has 0 spiro atoms. The van der Waals surface area contributed by atoms with Crippen LogP contribution in [0.3, 0.4) is 0 Å². The van der Waals surface area contributed by atoms with Gasteiger partial charge < -0.3 is 34.3 Å². The zero-order valence-corrected chi connectivity index (χ0v) is 28.5. The SMILES string of the molecule is CCCCCCCCCCCCCCCCCCCOCC(COC1OC(CO)C(O)C(OS(=O)(=O)O)C1O)OC(=O)CCC. The highest BCUT2D eigenvalue weighted by molar-refractivity contribution is 7.80. The molecular weight excluding hydrogens is 608 g/mol. The number of aliphatic hydroxyl groups excluding tert-OH is 3. The third-order valence-electron chi connectivity index (χ3n) is 7.95. The van der Waals surface area contributed by atoms with Crippen molar-refractivity contribution in [2.75, 3.05) is 26.4 Å². The molecule has 12 nitrogen and oxygen atoms in total. The Morgan fingerprint density at radius 1 is 0.756 bits per heavy atom. The molecule has 1 heterocycles. The zero-order chi connectivity index (χ0) is 33.3. The van der Waals surface area contributed by atoms with Crippen LogP contribution in [0.1, 0.15) is 136 Å². The Labute approximate surface area is 271 Å². The fourth-order valence-electron chi connectivity index (χ4n) is 5.36. The molecule has 6 atom stereocenters. The normalized spacial score (nSPS) is 22.8. The maximum absolute atomic E-state index is 12.1. The molecule has 1 rings (SSSR count). The van der Waals surface area contributed by atoms with Gasteiger partial charge in [0.1, 0.15) is 30.5 Å². The predicted molar refractivity (Wildman–Crippen MR) is 170 cm³/mol. The molecule has 1 aliphatic rings. The van der Waals surface area contributed by atoms with Crippen molar-refractivity contribution in [3.63, 3.8) is 0 Å². The minimum atomic E-state index is -5.04. The summed E-state index contributed by atoms with van der Waals surface area (Å²) in [4.78, 5) is 12.1. The van der Waals surface area contributed by atoms with Gasteiger partial charge in [-0.25, -0.2) is 4.18 Å². The topological polar surface area (TPSA) is 178 Å². The lowest BCUT2D eigenvalue weighted by Gasteiger charge is -2.41. The molecule has 0 bridgehead atoms. The lowest BCUT2D eigenvalue weighted by Crippen LogP contribution is -2.60. The van der Waals surface area contributed by atoms with E-state index in [9.17, 15) is 28.5 Å². The number of carbonyl (C=O) groups excluding carboxylic acids is 1. The molecular formula is C32H62O12S. The molecule has 13 heteroatoms. The van der Waals surface area contributed by atoms with Gasteiger partial charge in [0.25, 0.3) is 0 Å². The summed E-state index contributed by atoms with van der Waals surface area (Å²) in [5.74, 6) is -0.450. The molecule has 45 heavy (non-hydrogen) atoms. The standard InChI is InChI=1S/C32H62O12S/c1-3-5-6-7-8-9-10-11-12-13-14-15-16-17-18-19-20-22-40-24-26(42-28(34)21-4-2)25-41-32-30(36)31(44-45(37,38)39)29(35)27(23-33)43-32/h26-27,29-33,35-36H,3-25H2,1-2H3,(H,37,38,39). The summed E-state index contributed by atoms with van der Waals surface area (Å²) in [5, 5.41) is 30.1. The molecule has 268 valence electrons. The van der Waals surface area contributed by atoms with Crippen LogP contribution in [-0.4, -0.2) is 97.5 Å². The maximum atomic E-state index is 12.1. The molecule has 0 aliphatic carbocycles. The fraction of sp³-hybridized carbons (Fsp3) is 0.969. The van der Waals surface area contributed by atoms with Crippen molar-refractivity contribution in [2.24, 2.45) is 0 Å². The molecule has 0 saturated carbocycles. The van der Waals surface area contributed by atoms with Gasteiger partial charge in [0.05, 0.1) is 19.8 Å². The van der Waals surface area contributed by atoms with Gasteiger partial charge in [-0.05, 0) is 12.8 Å². The number of ether oxygens (including phenoxy) is 4. The number of hydrogen-bond donors (Lipinski definition) is 4. The van der Waals surface area contributed by atoms with E-state index in [1.54, 1.807) is 0 Å². The lowest BCUT2D eigenvalue weighted by atomic mass is 9.99. The average Bonchev–Trinajstić information content (AvgIpc) is 2.99. The Morgan fingerprint density at radius 3 is 1.73 bits per heavy atom. The smallest absolute Gasteiger partial charge is 0.397 e. The summed E-state index contributed by atoms with van der Waals surface area (Å²) in [6.07, 6.45) is 13.4. The van der Waals surface area contributed by atoms with Crippen molar-refractivity contribution in [3.05, 3.63) is 0 Å². The van der Waals surface area contributed by atoms with Gasteiger partial charge in [0.15, 0.2) is 6.29 Å². The quantitative estimate of drug-likeness (QED) is 0.0476. The molecule has 6 unspecified atom stereocenters. The first-order valence-electron chi connectivity index (χ1n) is 17.3. The Bertz CT molecular complexity index is 827. The molecule has 4 N–H and O–H groups in total. The predicted octanol–water partition coefficient (Wildman–Crippen LogP) is 5.01. The third kappa shape index (κ3) is 20.8. The Kier molecular flexibility index (Phi) is 24.4. The molecule has 0 radical (unpaired) electrons. The first-order chi connectivity index (χ1) is 21.6. The highest BCUT2D eigenvalue weighted by Gasteiger charge is 2.48. The summed E-state index contributed by atoms with van der Waals surface area (Å²) in [6, 6.07) is 0. The number of unbranched alkanes of at least 4 members (excludes halogenated alkanes) is 16. The van der Waals surface area contributed by atoms with E-state index in [1.807, 2.05) is 6.92 Å². The maximum Gasteiger partial charge on any atom is 0.397 e. The van der Waals surface area contributed by atoms with E-state index in [0.717, 1.165) is 19.3 Å². The van der Waals surface area contributed by atoms with Crippen LogP contribution in [0.5, 0.6) is 0 Å². The van der Waals surface area contributed by atoms with Crippen molar-refractivity contribution in [1.82, 2.24) is 0 Å². The Hall–Kier alpha value is -0.900. The van der Waals surface area contributed by atoms with Crippen LogP contribution in [0.25, 0.3) is 0 Å². The van der Waals surface area contributed by atoms with Crippen LogP contribution >= 0.6 is 0 Å². The first kappa shape index (κ1) is 42.1. The van der Waals surface area contributed by atoms with Crippen molar-refractivity contribution in [2.45, 2.75) is 173 Å². The van der Waals surface area contributed by atoms with Gasteiger partial charge in [0.2, 0.25) is 0 Å². The number of rotatable bonds is 29. The molecule has 1 fully saturated rings. The second-order valence-electron chi connectivity index (χ2n) is 12.1. The molecule has 0 aromatic carbocycles. The summed E-state index contributed by atoms with van der Waals surface area (Å²) in [6.45, 7) is 3.59. The number of carbonyl (C=O) groups is 1. The van der Waals surface area contributed by atoms with Gasteiger partial charge in [-0.3, -0.25) is 9.35 Å². The van der Waals surface area contributed by atoms with E-state index in [2.05, 4.69) is 11.1 Å². The van der Waals surface area contributed by atoms with Crippen molar-refractivity contribution in [1.29, 1.82) is 0 Å². The van der Waals surface area contributed by atoms with Crippen molar-refractivity contribution >= 4 is 16.4 Å².